The van der Waals surface area contributed by atoms with Crippen LogP contribution in [0.15, 0.2) is 30.3 Å². The number of ether oxygens (including phenoxy) is 3. The molecule has 0 amide bonds. The molecule has 0 saturated carbocycles. The predicted octanol–water partition coefficient (Wildman–Crippen LogP) is 3.31. The van der Waals surface area contributed by atoms with Gasteiger partial charge in [0.05, 0.1) is 11.2 Å². The molecule has 1 N–H and O–H groups in total. The Bertz CT molecular complexity index is 439. The first kappa shape index (κ1) is 19.1. The van der Waals surface area contributed by atoms with Gasteiger partial charge in [0, 0.05) is 12.7 Å². The number of aliphatic hydroxyl groups is 1. The largest absolute Gasteiger partial charge is 0.394 e. The first-order valence-corrected chi connectivity index (χ1v) is 10.1. The topological polar surface area (TPSA) is 47.9 Å². The van der Waals surface area contributed by atoms with Crippen LogP contribution in [-0.2, 0) is 14.2 Å². The van der Waals surface area contributed by atoms with E-state index in [4.69, 9.17) is 14.2 Å². The third kappa shape index (κ3) is 4.87. The van der Waals surface area contributed by atoms with Crippen molar-refractivity contribution in [3.8, 4) is 0 Å². The molecule has 2 rings (SSSR count). The molecule has 1 aliphatic heterocycles. The smallest absolute Gasteiger partial charge is 0.184 e. The van der Waals surface area contributed by atoms with E-state index < -0.39 is 6.29 Å². The lowest BCUT2D eigenvalue weighted by Gasteiger charge is -2.43. The second kappa shape index (κ2) is 9.91. The Balaban J connectivity index is 2.24. The maximum Gasteiger partial charge on any atom is 0.184 e. The molecule has 1 aromatic carbocycles. The van der Waals surface area contributed by atoms with E-state index in [0.717, 1.165) is 17.1 Å². The minimum absolute atomic E-state index is 0.0813. The van der Waals surface area contributed by atoms with Gasteiger partial charge >= 0.3 is 0 Å². The average molecular weight is 359 g/mol. The molecule has 6 heteroatoms. The van der Waals surface area contributed by atoms with Crippen LogP contribution < -0.4 is 0 Å². The number of aliphatic hydroxyl groups excluding tert-OH is 1. The van der Waals surface area contributed by atoms with Gasteiger partial charge in [-0.3, -0.25) is 0 Å². The fraction of sp³-hybridized carbons (Fsp3) is 0.647. The Hall–Kier alpha value is -0.240. The summed E-state index contributed by atoms with van der Waals surface area (Å²) in [5, 5.41) is 9.74. The number of benzene rings is 1. The lowest BCUT2D eigenvalue weighted by atomic mass is 10.1. The Labute approximate surface area is 147 Å². The quantitative estimate of drug-likeness (QED) is 0.720. The van der Waals surface area contributed by atoms with Crippen LogP contribution in [0.5, 0.6) is 0 Å². The van der Waals surface area contributed by atoms with Gasteiger partial charge in [-0.05, 0) is 11.5 Å². The van der Waals surface area contributed by atoms with Gasteiger partial charge in [0.15, 0.2) is 6.29 Å². The lowest BCUT2D eigenvalue weighted by Crippen LogP contribution is -2.53. The van der Waals surface area contributed by atoms with E-state index in [9.17, 15) is 5.11 Å². The van der Waals surface area contributed by atoms with Gasteiger partial charge in [0.1, 0.15) is 18.3 Å². The molecule has 1 saturated heterocycles. The van der Waals surface area contributed by atoms with Crippen molar-refractivity contribution < 1.29 is 19.3 Å². The molecule has 4 atom stereocenters. The monoisotopic (exact) mass is 358 g/mol. The number of hydrogen-bond donors (Lipinski definition) is 1. The molecule has 0 aliphatic carbocycles. The van der Waals surface area contributed by atoms with Gasteiger partial charge in [-0.15, -0.1) is 23.5 Å². The van der Waals surface area contributed by atoms with Crippen LogP contribution in [-0.4, -0.2) is 53.2 Å². The highest BCUT2D eigenvalue weighted by molar-refractivity contribution is 8.17. The molecule has 1 heterocycles. The minimum atomic E-state index is -0.470. The second-order valence-corrected chi connectivity index (χ2v) is 8.32. The number of methoxy groups -OCH3 is 1. The standard InChI is InChI=1S/C17H26O4S2/c1-4-22-17(23-5-2)15-14(19-3)13(11-18)20-16(21-15)12-9-7-6-8-10-12/h6-10,13-18H,4-5,11H2,1-3H3. The molecule has 0 bridgehead atoms. The maximum absolute atomic E-state index is 9.74. The summed E-state index contributed by atoms with van der Waals surface area (Å²) in [5.74, 6) is 2.02. The van der Waals surface area contributed by atoms with Crippen LogP contribution in [0.25, 0.3) is 0 Å². The molecule has 1 fully saturated rings. The summed E-state index contributed by atoms with van der Waals surface area (Å²) in [7, 11) is 1.65. The van der Waals surface area contributed by atoms with Crippen LogP contribution in [0.2, 0.25) is 0 Å². The minimum Gasteiger partial charge on any atom is -0.394 e. The van der Waals surface area contributed by atoms with Crippen molar-refractivity contribution in [2.75, 3.05) is 25.2 Å². The Morgan fingerprint density at radius 3 is 2.30 bits per heavy atom. The second-order valence-electron chi connectivity index (χ2n) is 5.18. The van der Waals surface area contributed by atoms with Gasteiger partial charge in [-0.25, -0.2) is 0 Å². The summed E-state index contributed by atoms with van der Waals surface area (Å²) < 4.78 is 18.1. The van der Waals surface area contributed by atoms with Crippen LogP contribution in [0, 0.1) is 0 Å². The summed E-state index contributed by atoms with van der Waals surface area (Å²) in [6.45, 7) is 4.21. The zero-order valence-corrected chi connectivity index (χ0v) is 15.5. The van der Waals surface area contributed by atoms with Crippen molar-refractivity contribution in [1.82, 2.24) is 0 Å². The molecular formula is C17H26O4S2. The number of hydrogen-bond acceptors (Lipinski definition) is 6. The van der Waals surface area contributed by atoms with Gasteiger partial charge in [0.25, 0.3) is 0 Å². The highest BCUT2D eigenvalue weighted by Crippen LogP contribution is 2.39. The fourth-order valence-corrected chi connectivity index (χ4v) is 5.36. The van der Waals surface area contributed by atoms with Crippen molar-refractivity contribution in [3.63, 3.8) is 0 Å². The zero-order valence-electron chi connectivity index (χ0n) is 13.9. The van der Waals surface area contributed by atoms with Crippen molar-refractivity contribution in [2.24, 2.45) is 0 Å². The first-order chi connectivity index (χ1) is 11.2. The Morgan fingerprint density at radius 1 is 1.13 bits per heavy atom. The highest BCUT2D eigenvalue weighted by Gasteiger charge is 2.44. The molecule has 23 heavy (non-hydrogen) atoms. The van der Waals surface area contributed by atoms with Gasteiger partial charge < -0.3 is 19.3 Å². The fourth-order valence-electron chi connectivity index (χ4n) is 2.69. The highest BCUT2D eigenvalue weighted by atomic mass is 32.2. The molecule has 0 radical (unpaired) electrons. The molecule has 130 valence electrons. The third-order valence-electron chi connectivity index (χ3n) is 3.72. The molecule has 1 aromatic rings. The van der Waals surface area contributed by atoms with Crippen LogP contribution in [0.3, 0.4) is 0 Å². The van der Waals surface area contributed by atoms with E-state index in [1.807, 2.05) is 53.9 Å². The average Bonchev–Trinajstić information content (AvgIpc) is 2.61. The predicted molar refractivity (Wildman–Crippen MR) is 96.9 cm³/mol. The van der Waals surface area contributed by atoms with Crippen molar-refractivity contribution in [2.45, 2.75) is 43.0 Å². The summed E-state index contributed by atoms with van der Waals surface area (Å²) in [4.78, 5) is 0. The van der Waals surface area contributed by atoms with Crippen molar-refractivity contribution in [1.29, 1.82) is 0 Å². The van der Waals surface area contributed by atoms with E-state index >= 15 is 0 Å². The first-order valence-electron chi connectivity index (χ1n) is 7.97. The summed E-state index contributed by atoms with van der Waals surface area (Å²) in [6, 6.07) is 9.86. The van der Waals surface area contributed by atoms with Crippen molar-refractivity contribution in [3.05, 3.63) is 35.9 Å². The summed E-state index contributed by atoms with van der Waals surface area (Å²) >= 11 is 3.71. The Morgan fingerprint density at radius 2 is 1.78 bits per heavy atom. The molecule has 4 unspecified atom stereocenters. The Kier molecular flexibility index (Phi) is 8.23. The molecule has 0 aromatic heterocycles. The van der Waals surface area contributed by atoms with E-state index in [1.165, 1.54) is 0 Å². The summed E-state index contributed by atoms with van der Waals surface area (Å²) in [5.41, 5.74) is 0.965. The van der Waals surface area contributed by atoms with E-state index in [0.29, 0.717) is 0 Å². The molecule has 0 spiro atoms. The number of thioether (sulfide) groups is 2. The molecule has 1 aliphatic rings. The van der Waals surface area contributed by atoms with Crippen LogP contribution >= 0.6 is 23.5 Å². The van der Waals surface area contributed by atoms with Crippen LogP contribution in [0.4, 0.5) is 0 Å². The SMILES string of the molecule is CCSC(SCC)C1OC(c2ccccc2)OC(CO)C1OC. The van der Waals surface area contributed by atoms with E-state index in [-0.39, 0.29) is 29.5 Å². The van der Waals surface area contributed by atoms with Gasteiger partial charge in [-0.2, -0.15) is 0 Å². The zero-order chi connectivity index (χ0) is 16.7. The lowest BCUT2D eigenvalue weighted by molar-refractivity contribution is -0.294. The van der Waals surface area contributed by atoms with Gasteiger partial charge in [-0.1, -0.05) is 44.2 Å². The van der Waals surface area contributed by atoms with Gasteiger partial charge in [0.2, 0.25) is 0 Å². The summed E-state index contributed by atoms with van der Waals surface area (Å²) in [6.07, 6.45) is -1.27. The normalized spacial score (nSPS) is 28.2. The van der Waals surface area contributed by atoms with E-state index in [2.05, 4.69) is 13.8 Å². The molecule has 4 nitrogen and oxygen atoms in total. The number of rotatable bonds is 8. The maximum atomic E-state index is 9.74. The van der Waals surface area contributed by atoms with Crippen LogP contribution in [0.1, 0.15) is 25.7 Å². The third-order valence-corrected chi connectivity index (χ3v) is 6.40. The van der Waals surface area contributed by atoms with Crippen molar-refractivity contribution >= 4 is 23.5 Å². The van der Waals surface area contributed by atoms with E-state index in [1.54, 1.807) is 7.11 Å². The molecular weight excluding hydrogens is 332 g/mol.